The van der Waals surface area contributed by atoms with Gasteiger partial charge >= 0.3 is 0 Å². The molecule has 1 aliphatic rings. The van der Waals surface area contributed by atoms with Gasteiger partial charge in [0.25, 0.3) is 5.76 Å². The van der Waals surface area contributed by atoms with Crippen molar-refractivity contribution in [1.82, 2.24) is 19.8 Å². The van der Waals surface area contributed by atoms with Crippen LogP contribution in [-0.2, 0) is 16.1 Å². The monoisotopic (exact) mass is 382 g/mol. The Morgan fingerprint density at radius 3 is 2.65 bits per heavy atom. The average Bonchev–Trinajstić information content (AvgIpc) is 2.97. The first-order valence-corrected chi connectivity index (χ1v) is 9.27. The number of hydrogen-bond donors (Lipinski definition) is 1. The molecule has 0 spiro atoms. The number of aromatic nitrogens is 2. The Kier molecular flexibility index (Phi) is 5.75. The number of benzene rings is 1. The van der Waals surface area contributed by atoms with Crippen LogP contribution in [-0.4, -0.2) is 52.2 Å². The smallest absolute Gasteiger partial charge is 0.291 e. The number of alkyl halides is 2. The number of nitrogens with one attached hydrogen (secondary N) is 1. The third-order valence-corrected chi connectivity index (χ3v) is 5.27. The number of para-hydroxylation sites is 2. The summed E-state index contributed by atoms with van der Waals surface area (Å²) in [5, 5.41) is 2.77. The van der Waals surface area contributed by atoms with Crippen LogP contribution in [0.1, 0.15) is 12.8 Å². The van der Waals surface area contributed by atoms with Crippen molar-refractivity contribution < 1.29 is 18.4 Å². The minimum atomic E-state index is -2.61. The molecule has 2 aromatic rings. The van der Waals surface area contributed by atoms with Crippen molar-refractivity contribution in [3.63, 3.8) is 0 Å². The molecule has 1 fully saturated rings. The number of hydrogen-bond acceptors (Lipinski definition) is 4. The Hall–Kier alpha value is -2.16. The van der Waals surface area contributed by atoms with Crippen molar-refractivity contribution >= 4 is 34.6 Å². The van der Waals surface area contributed by atoms with Gasteiger partial charge in [0.15, 0.2) is 5.16 Å². The quantitative estimate of drug-likeness (QED) is 0.806. The molecule has 1 aromatic carbocycles. The highest BCUT2D eigenvalue weighted by Crippen LogP contribution is 2.29. The summed E-state index contributed by atoms with van der Waals surface area (Å²) in [5.41, 5.74) is 1.24. The zero-order valence-corrected chi connectivity index (χ0v) is 15.1. The van der Waals surface area contributed by atoms with Gasteiger partial charge in [-0.15, -0.1) is 0 Å². The van der Waals surface area contributed by atoms with Crippen molar-refractivity contribution in [3.05, 3.63) is 24.3 Å². The van der Waals surface area contributed by atoms with Crippen LogP contribution in [0.25, 0.3) is 11.0 Å². The minimum Gasteiger partial charge on any atom is -0.359 e. The van der Waals surface area contributed by atoms with Gasteiger partial charge in [0.2, 0.25) is 11.8 Å². The standard InChI is InChI=1S/C17H20F2N4O2S/c1-20-15(25)11-6-8-22(9-7-11)14(24)10-23-13-5-3-2-4-12(13)21-17(23)26-16(18)19/h2-5,11,16H,6-10H2,1H3,(H,20,25). The number of thioether (sulfide) groups is 1. The first-order valence-electron chi connectivity index (χ1n) is 8.39. The largest absolute Gasteiger partial charge is 0.359 e. The number of halogens is 2. The maximum Gasteiger partial charge on any atom is 0.291 e. The van der Waals surface area contributed by atoms with Crippen LogP contribution >= 0.6 is 11.8 Å². The number of rotatable bonds is 5. The topological polar surface area (TPSA) is 67.2 Å². The Morgan fingerprint density at radius 2 is 2.00 bits per heavy atom. The molecule has 1 saturated heterocycles. The summed E-state index contributed by atoms with van der Waals surface area (Å²) in [6, 6.07) is 7.07. The van der Waals surface area contributed by atoms with Crippen LogP contribution in [0.4, 0.5) is 8.78 Å². The number of carbonyl (C=O) groups is 2. The van der Waals surface area contributed by atoms with E-state index in [0.717, 1.165) is 0 Å². The van der Waals surface area contributed by atoms with Gasteiger partial charge in [-0.1, -0.05) is 12.1 Å². The maximum atomic E-state index is 12.8. The van der Waals surface area contributed by atoms with E-state index in [1.807, 2.05) is 0 Å². The second-order valence-electron chi connectivity index (χ2n) is 6.12. The highest BCUT2D eigenvalue weighted by atomic mass is 32.2. The SMILES string of the molecule is CNC(=O)C1CCN(C(=O)Cn2c(SC(F)F)nc3ccccc32)CC1. The molecule has 0 aliphatic carbocycles. The van der Waals surface area contributed by atoms with Crippen molar-refractivity contribution in [1.29, 1.82) is 0 Å². The molecular weight excluding hydrogens is 362 g/mol. The third kappa shape index (κ3) is 3.98. The predicted molar refractivity (Wildman–Crippen MR) is 95.0 cm³/mol. The number of fused-ring (bicyclic) bond motifs is 1. The van der Waals surface area contributed by atoms with Gasteiger partial charge in [0.05, 0.1) is 11.0 Å². The van der Waals surface area contributed by atoms with Gasteiger partial charge in [-0.05, 0) is 36.7 Å². The molecule has 2 heterocycles. The fourth-order valence-corrected chi connectivity index (χ4v) is 3.81. The molecule has 0 atom stereocenters. The molecule has 0 bridgehead atoms. The molecular formula is C17H20F2N4O2S. The number of piperidine rings is 1. The highest BCUT2D eigenvalue weighted by molar-refractivity contribution is 7.99. The molecule has 0 unspecified atom stereocenters. The van der Waals surface area contributed by atoms with Gasteiger partial charge in [-0.3, -0.25) is 9.59 Å². The molecule has 1 aliphatic heterocycles. The van der Waals surface area contributed by atoms with E-state index < -0.39 is 5.76 Å². The van der Waals surface area contributed by atoms with Crippen LogP contribution in [0.5, 0.6) is 0 Å². The summed E-state index contributed by atoms with van der Waals surface area (Å²) in [6.45, 7) is 0.932. The first-order chi connectivity index (χ1) is 12.5. The Bertz CT molecular complexity index is 803. The summed E-state index contributed by atoms with van der Waals surface area (Å²) in [5.74, 6) is -2.85. The van der Waals surface area contributed by atoms with Crippen LogP contribution in [0.3, 0.4) is 0 Å². The second kappa shape index (κ2) is 8.03. The number of imidazole rings is 1. The molecule has 0 radical (unpaired) electrons. The minimum absolute atomic E-state index is 0.00618. The van der Waals surface area contributed by atoms with E-state index in [1.165, 1.54) is 0 Å². The third-order valence-electron chi connectivity index (χ3n) is 4.57. The van der Waals surface area contributed by atoms with Crippen LogP contribution in [0.2, 0.25) is 0 Å². The Morgan fingerprint density at radius 1 is 1.31 bits per heavy atom. The van der Waals surface area contributed by atoms with E-state index in [0.29, 0.717) is 48.7 Å². The van der Waals surface area contributed by atoms with Gasteiger partial charge in [-0.25, -0.2) is 4.98 Å². The van der Waals surface area contributed by atoms with E-state index in [-0.39, 0.29) is 29.4 Å². The summed E-state index contributed by atoms with van der Waals surface area (Å²) in [4.78, 5) is 30.3. The molecule has 1 N–H and O–H groups in total. The van der Waals surface area contributed by atoms with Gasteiger partial charge in [0.1, 0.15) is 6.54 Å². The number of likely N-dealkylation sites (tertiary alicyclic amines) is 1. The Balaban J connectivity index is 1.74. The predicted octanol–water partition coefficient (Wildman–Crippen LogP) is 2.34. The molecule has 3 rings (SSSR count). The first kappa shape index (κ1) is 18.6. The lowest BCUT2D eigenvalue weighted by Crippen LogP contribution is -2.43. The molecule has 0 saturated carbocycles. The fraction of sp³-hybridized carbons (Fsp3) is 0.471. The summed E-state index contributed by atoms with van der Waals surface area (Å²) >= 11 is 0.342. The van der Waals surface area contributed by atoms with Gasteiger partial charge in [0, 0.05) is 26.1 Å². The molecule has 2 amide bonds. The average molecular weight is 382 g/mol. The zero-order chi connectivity index (χ0) is 18.7. The van der Waals surface area contributed by atoms with Gasteiger partial charge in [-0.2, -0.15) is 8.78 Å². The van der Waals surface area contributed by atoms with Crippen LogP contribution in [0, 0.1) is 5.92 Å². The number of carbonyl (C=O) groups excluding carboxylic acids is 2. The van der Waals surface area contributed by atoms with Crippen molar-refractivity contribution in [2.24, 2.45) is 5.92 Å². The molecule has 1 aromatic heterocycles. The Labute approximate surface area is 153 Å². The van der Waals surface area contributed by atoms with Crippen molar-refractivity contribution in [3.8, 4) is 0 Å². The molecule has 9 heteroatoms. The van der Waals surface area contributed by atoms with Gasteiger partial charge < -0.3 is 14.8 Å². The fourth-order valence-electron chi connectivity index (χ4n) is 3.21. The van der Waals surface area contributed by atoms with Crippen LogP contribution < -0.4 is 5.32 Å². The van der Waals surface area contributed by atoms with Crippen molar-refractivity contribution in [2.75, 3.05) is 20.1 Å². The highest BCUT2D eigenvalue weighted by Gasteiger charge is 2.27. The number of amides is 2. The normalized spacial score (nSPS) is 15.6. The van der Waals surface area contributed by atoms with Crippen molar-refractivity contribution in [2.45, 2.75) is 30.3 Å². The second-order valence-corrected chi connectivity index (χ2v) is 7.07. The zero-order valence-electron chi connectivity index (χ0n) is 14.3. The maximum absolute atomic E-state index is 12.8. The summed E-state index contributed by atoms with van der Waals surface area (Å²) in [7, 11) is 1.60. The molecule has 26 heavy (non-hydrogen) atoms. The van der Waals surface area contributed by atoms with Crippen LogP contribution in [0.15, 0.2) is 29.4 Å². The summed E-state index contributed by atoms with van der Waals surface area (Å²) < 4.78 is 27.2. The lowest BCUT2D eigenvalue weighted by molar-refractivity contribution is -0.136. The lowest BCUT2D eigenvalue weighted by Gasteiger charge is -2.31. The van der Waals surface area contributed by atoms with E-state index in [4.69, 9.17) is 0 Å². The van der Waals surface area contributed by atoms with E-state index in [2.05, 4.69) is 10.3 Å². The number of nitrogens with zero attached hydrogens (tertiary/aromatic N) is 3. The van der Waals surface area contributed by atoms with E-state index in [1.54, 1.807) is 40.8 Å². The molecule has 6 nitrogen and oxygen atoms in total. The molecule has 140 valence electrons. The lowest BCUT2D eigenvalue weighted by atomic mass is 9.96. The summed E-state index contributed by atoms with van der Waals surface area (Å²) in [6.07, 6.45) is 1.21. The van der Waals surface area contributed by atoms with E-state index in [9.17, 15) is 18.4 Å². The van der Waals surface area contributed by atoms with E-state index >= 15 is 0 Å².